The minimum absolute atomic E-state index is 0.0619. The molecule has 0 saturated carbocycles. The van der Waals surface area contributed by atoms with Crippen LogP contribution in [-0.2, 0) is 45.6 Å². The minimum Gasteiger partial charge on any atom is -0.489 e. The van der Waals surface area contributed by atoms with Crippen LogP contribution in [-0.4, -0.2) is 60.4 Å². The maximum Gasteiger partial charge on any atom is 0.326 e. The molecule has 0 aliphatic carbocycles. The van der Waals surface area contributed by atoms with Crippen LogP contribution in [0, 0.1) is 18.3 Å². The second kappa shape index (κ2) is 18.6. The predicted octanol–water partition coefficient (Wildman–Crippen LogP) is 8.30. The molecule has 0 fully saturated rings. The lowest BCUT2D eigenvalue weighted by atomic mass is 9.93. The molecular formula is C48H41Cl2N5O8S. The van der Waals surface area contributed by atoms with E-state index >= 15 is 0 Å². The van der Waals surface area contributed by atoms with Gasteiger partial charge in [0.25, 0.3) is 0 Å². The van der Waals surface area contributed by atoms with E-state index in [1.165, 1.54) is 12.1 Å². The SMILES string of the molecule is CNc1ccc(S(=O)(=O)N2Cc3cc4c(cc3CC2C(=O)NC(Cc2ccc(-c3ccc(C#N)cc3)cc2)C(=O)O)OCC(c2ccc(OCc3ccc(Cl)c(Cl)c3)cc2)O4)c(C)n1. The third-order valence-corrected chi connectivity index (χ3v) is 13.9. The summed E-state index contributed by atoms with van der Waals surface area (Å²) in [6.45, 7) is 1.83. The van der Waals surface area contributed by atoms with Crippen molar-refractivity contribution in [1.82, 2.24) is 14.6 Å². The van der Waals surface area contributed by atoms with E-state index in [0.29, 0.717) is 62.0 Å². The lowest BCUT2D eigenvalue weighted by molar-refractivity contribution is -0.142. The van der Waals surface area contributed by atoms with E-state index in [-0.39, 0.29) is 36.6 Å². The molecular weight excluding hydrogens is 878 g/mol. The van der Waals surface area contributed by atoms with Gasteiger partial charge in [-0.05, 0) is 113 Å². The largest absolute Gasteiger partial charge is 0.489 e. The number of carboxylic acids is 1. The molecule has 16 heteroatoms. The summed E-state index contributed by atoms with van der Waals surface area (Å²) in [5, 5.41) is 25.9. The van der Waals surface area contributed by atoms with Crippen LogP contribution in [0.2, 0.25) is 10.0 Å². The lowest BCUT2D eigenvalue weighted by Gasteiger charge is -2.37. The normalized spacial score (nSPS) is 16.2. The zero-order valence-corrected chi connectivity index (χ0v) is 36.9. The number of ether oxygens (including phenoxy) is 3. The summed E-state index contributed by atoms with van der Waals surface area (Å²) in [5.74, 6) is -0.112. The molecule has 3 heterocycles. The first-order chi connectivity index (χ1) is 30.8. The molecule has 0 saturated heterocycles. The number of aromatic nitrogens is 1. The number of carbonyl (C=O) groups excluding carboxylic acids is 1. The highest BCUT2D eigenvalue weighted by Gasteiger charge is 2.42. The Labute approximate surface area is 380 Å². The number of aryl methyl sites for hydroxylation is 1. The first-order valence-corrected chi connectivity index (χ1v) is 22.4. The number of halogens is 2. The maximum atomic E-state index is 14.6. The van der Waals surface area contributed by atoms with Crippen molar-refractivity contribution in [2.24, 2.45) is 0 Å². The summed E-state index contributed by atoms with van der Waals surface area (Å²) >= 11 is 12.2. The molecule has 326 valence electrons. The van der Waals surface area contributed by atoms with Crippen molar-refractivity contribution in [2.75, 3.05) is 19.0 Å². The number of carboxylic acid groups (broad SMARTS) is 1. The van der Waals surface area contributed by atoms with Gasteiger partial charge in [0.1, 0.15) is 41.8 Å². The van der Waals surface area contributed by atoms with Gasteiger partial charge < -0.3 is 30.0 Å². The molecule has 0 radical (unpaired) electrons. The highest BCUT2D eigenvalue weighted by Crippen LogP contribution is 2.42. The molecule has 2 aliphatic heterocycles. The Morgan fingerprint density at radius 2 is 1.59 bits per heavy atom. The van der Waals surface area contributed by atoms with Gasteiger partial charge in [0.15, 0.2) is 17.6 Å². The first kappa shape index (κ1) is 44.0. The molecule has 1 aromatic heterocycles. The number of hydrogen-bond donors (Lipinski definition) is 3. The number of amides is 1. The van der Waals surface area contributed by atoms with Gasteiger partial charge in [0.2, 0.25) is 15.9 Å². The van der Waals surface area contributed by atoms with Crippen LogP contribution < -0.4 is 24.8 Å². The van der Waals surface area contributed by atoms with Crippen LogP contribution in [0.3, 0.4) is 0 Å². The van der Waals surface area contributed by atoms with Crippen molar-refractivity contribution in [1.29, 1.82) is 5.26 Å². The van der Waals surface area contributed by atoms with E-state index in [1.54, 1.807) is 62.5 Å². The Balaban J connectivity index is 1.02. The summed E-state index contributed by atoms with van der Waals surface area (Å²) in [6.07, 6.45) is -0.624. The van der Waals surface area contributed by atoms with Crippen molar-refractivity contribution >= 4 is 50.9 Å². The van der Waals surface area contributed by atoms with Gasteiger partial charge in [0, 0.05) is 20.0 Å². The monoisotopic (exact) mass is 917 g/mol. The predicted molar refractivity (Wildman–Crippen MR) is 241 cm³/mol. The number of nitriles is 1. The first-order valence-electron chi connectivity index (χ1n) is 20.2. The fraction of sp³-hybridized carbons (Fsp3) is 0.208. The number of carbonyl (C=O) groups is 2. The van der Waals surface area contributed by atoms with Gasteiger partial charge in [-0.15, -0.1) is 0 Å². The van der Waals surface area contributed by atoms with Crippen molar-refractivity contribution < 1.29 is 37.3 Å². The topological polar surface area (TPSA) is 180 Å². The van der Waals surface area contributed by atoms with E-state index in [2.05, 4.69) is 21.7 Å². The van der Waals surface area contributed by atoms with E-state index in [1.807, 2.05) is 54.6 Å². The van der Waals surface area contributed by atoms with Crippen LogP contribution >= 0.6 is 23.2 Å². The molecule has 1 amide bonds. The Hall–Kier alpha value is -6.63. The van der Waals surface area contributed by atoms with Crippen LogP contribution in [0.4, 0.5) is 5.82 Å². The van der Waals surface area contributed by atoms with Gasteiger partial charge >= 0.3 is 5.97 Å². The number of anilines is 1. The molecule has 8 rings (SSSR count). The van der Waals surface area contributed by atoms with Gasteiger partial charge in [-0.25, -0.2) is 18.2 Å². The average Bonchev–Trinajstić information content (AvgIpc) is 3.30. The lowest BCUT2D eigenvalue weighted by Crippen LogP contribution is -2.55. The molecule has 0 bridgehead atoms. The van der Waals surface area contributed by atoms with Crippen molar-refractivity contribution in [3.05, 3.63) is 164 Å². The Bertz CT molecular complexity index is 2890. The molecule has 3 N–H and O–H groups in total. The second-order valence-electron chi connectivity index (χ2n) is 15.4. The standard InChI is InChI=1S/C48H41Cl2N5O8S/c1-28-45(17-18-46(52-2)53-28)64(59,60)55-25-36-23-43-42(62-27-44(63-43)34-12-14-37(15-13-34)61-26-31-7-16-38(49)39(50)19-31)22-35(36)21-41(55)47(56)54-40(48(57)58)20-29-3-8-32(9-4-29)33-10-5-30(24-51)6-11-33/h3-19,22-23,40-41,44H,20-21,25-27H2,1-2H3,(H,52,53)(H,54,56)(H,57,58). The van der Waals surface area contributed by atoms with Gasteiger partial charge in [-0.3, -0.25) is 4.79 Å². The van der Waals surface area contributed by atoms with E-state index in [4.69, 9.17) is 42.7 Å². The molecule has 3 unspecified atom stereocenters. The molecule has 6 aromatic rings. The van der Waals surface area contributed by atoms with Crippen LogP contribution in [0.15, 0.2) is 120 Å². The summed E-state index contributed by atoms with van der Waals surface area (Å²) < 4.78 is 48.9. The molecule has 64 heavy (non-hydrogen) atoms. The molecule has 13 nitrogen and oxygen atoms in total. The number of sulfonamides is 1. The summed E-state index contributed by atoms with van der Waals surface area (Å²) in [6, 6.07) is 32.9. The fourth-order valence-corrected chi connectivity index (χ4v) is 9.75. The number of pyridine rings is 1. The van der Waals surface area contributed by atoms with Crippen molar-refractivity contribution in [2.45, 2.75) is 56.0 Å². The van der Waals surface area contributed by atoms with Crippen LogP contribution in [0.25, 0.3) is 11.1 Å². The number of rotatable bonds is 13. The zero-order valence-electron chi connectivity index (χ0n) is 34.5. The fourth-order valence-electron chi connectivity index (χ4n) is 7.70. The summed E-state index contributed by atoms with van der Waals surface area (Å²) in [4.78, 5) is 31.3. The van der Waals surface area contributed by atoms with Crippen LogP contribution in [0.1, 0.15) is 45.2 Å². The maximum absolute atomic E-state index is 14.6. The molecule has 3 atom stereocenters. The number of nitrogens with one attached hydrogen (secondary N) is 2. The van der Waals surface area contributed by atoms with Gasteiger partial charge in [-0.1, -0.05) is 77.8 Å². The third-order valence-electron chi connectivity index (χ3n) is 11.2. The quantitative estimate of drug-likeness (QED) is 0.101. The van der Waals surface area contributed by atoms with Gasteiger partial charge in [0.05, 0.1) is 27.4 Å². The van der Waals surface area contributed by atoms with E-state index in [0.717, 1.165) is 26.6 Å². The van der Waals surface area contributed by atoms with E-state index < -0.39 is 40.1 Å². The highest BCUT2D eigenvalue weighted by atomic mass is 35.5. The van der Waals surface area contributed by atoms with Crippen molar-refractivity contribution in [3.8, 4) is 34.4 Å². The number of hydrogen-bond acceptors (Lipinski definition) is 10. The Kier molecular flexibility index (Phi) is 12.8. The molecule has 5 aromatic carbocycles. The highest BCUT2D eigenvalue weighted by molar-refractivity contribution is 7.89. The Morgan fingerprint density at radius 1 is 0.906 bits per heavy atom. The second-order valence-corrected chi connectivity index (χ2v) is 18.1. The Morgan fingerprint density at radius 3 is 2.25 bits per heavy atom. The minimum atomic E-state index is -4.39. The molecule has 2 aliphatic rings. The average molecular weight is 919 g/mol. The zero-order chi connectivity index (χ0) is 45.1. The molecule has 0 spiro atoms. The van der Waals surface area contributed by atoms with Crippen LogP contribution in [0.5, 0.6) is 17.2 Å². The van der Waals surface area contributed by atoms with Gasteiger partial charge in [-0.2, -0.15) is 9.57 Å². The number of fused-ring (bicyclic) bond motifs is 2. The number of benzene rings is 5. The number of nitrogens with zero attached hydrogens (tertiary/aromatic N) is 3. The number of aliphatic carboxylic acids is 1. The smallest absolute Gasteiger partial charge is 0.326 e. The third kappa shape index (κ3) is 9.48. The summed E-state index contributed by atoms with van der Waals surface area (Å²) in [7, 11) is -2.72. The summed E-state index contributed by atoms with van der Waals surface area (Å²) in [5.41, 5.74) is 6.08. The van der Waals surface area contributed by atoms with E-state index in [9.17, 15) is 23.1 Å². The van der Waals surface area contributed by atoms with Crippen molar-refractivity contribution in [3.63, 3.8) is 0 Å².